The molecule has 0 heterocycles. The summed E-state index contributed by atoms with van der Waals surface area (Å²) in [5, 5.41) is 0.202. The molecule has 1 aliphatic rings. The van der Waals surface area contributed by atoms with E-state index in [-0.39, 0.29) is 10.9 Å². The molecule has 1 saturated carbocycles. The third-order valence-corrected chi connectivity index (χ3v) is 4.60. The first-order chi connectivity index (χ1) is 7.18. The molecule has 2 rings (SSSR count). The van der Waals surface area contributed by atoms with Gasteiger partial charge in [-0.05, 0) is 31.0 Å². The van der Waals surface area contributed by atoms with E-state index in [1.54, 1.807) is 6.07 Å². The van der Waals surface area contributed by atoms with Crippen molar-refractivity contribution >= 4 is 16.5 Å². The van der Waals surface area contributed by atoms with Crippen molar-refractivity contribution in [3.05, 3.63) is 24.0 Å². The first kappa shape index (κ1) is 10.6. The lowest BCUT2D eigenvalue weighted by molar-refractivity contribution is 0.626. The normalized spacial score (nSPS) is 19.3. The Balaban J connectivity index is 2.21. The Bertz CT molecular complexity index is 388. The topological polar surface area (TPSA) is 43.1 Å². The molecule has 15 heavy (non-hydrogen) atoms. The van der Waals surface area contributed by atoms with Crippen LogP contribution in [-0.4, -0.2) is 9.46 Å². The number of anilines is 1. The first-order valence-electron chi connectivity index (χ1n) is 5.14. The minimum atomic E-state index is -1.07. The van der Waals surface area contributed by atoms with Crippen LogP contribution in [0.1, 0.15) is 25.7 Å². The molecule has 1 aliphatic carbocycles. The van der Waals surface area contributed by atoms with Gasteiger partial charge in [0.15, 0.2) is 0 Å². The summed E-state index contributed by atoms with van der Waals surface area (Å²) < 4.78 is 25.2. The van der Waals surface area contributed by atoms with Crippen LogP contribution in [0.2, 0.25) is 0 Å². The largest absolute Gasteiger partial charge is 0.396 e. The zero-order valence-electron chi connectivity index (χ0n) is 8.41. The summed E-state index contributed by atoms with van der Waals surface area (Å²) in [6.45, 7) is 0. The molecule has 0 saturated heterocycles. The highest BCUT2D eigenvalue weighted by molar-refractivity contribution is 7.85. The van der Waals surface area contributed by atoms with Crippen LogP contribution in [0.3, 0.4) is 0 Å². The average Bonchev–Trinajstić information content (AvgIpc) is 2.74. The van der Waals surface area contributed by atoms with Gasteiger partial charge >= 0.3 is 0 Å². The summed E-state index contributed by atoms with van der Waals surface area (Å²) in [7, 11) is -1.07. The maximum absolute atomic E-state index is 13.2. The molecular formula is C11H14FNOS. The van der Waals surface area contributed by atoms with Crippen molar-refractivity contribution in [1.29, 1.82) is 0 Å². The third kappa shape index (κ3) is 2.20. The van der Waals surface area contributed by atoms with Gasteiger partial charge in [-0.15, -0.1) is 0 Å². The van der Waals surface area contributed by atoms with Gasteiger partial charge in [-0.1, -0.05) is 12.8 Å². The Hall–Kier alpha value is -0.900. The zero-order valence-corrected chi connectivity index (χ0v) is 9.23. The molecule has 82 valence electrons. The lowest BCUT2D eigenvalue weighted by Gasteiger charge is -2.09. The van der Waals surface area contributed by atoms with Crippen molar-refractivity contribution in [2.45, 2.75) is 35.8 Å². The fourth-order valence-corrected chi connectivity index (χ4v) is 3.50. The number of hydrogen-bond acceptors (Lipinski definition) is 2. The van der Waals surface area contributed by atoms with Crippen LogP contribution in [0.4, 0.5) is 10.1 Å². The standard InChI is InChI=1S/C11H14FNOS/c12-10-7-9(5-6-11(10)13)15(14)8-3-1-2-4-8/h5-8H,1-4,13H2. The Kier molecular flexibility index (Phi) is 3.05. The van der Waals surface area contributed by atoms with Crippen molar-refractivity contribution in [3.8, 4) is 0 Å². The third-order valence-electron chi connectivity index (χ3n) is 2.81. The fourth-order valence-electron chi connectivity index (χ4n) is 1.93. The fraction of sp³-hybridized carbons (Fsp3) is 0.455. The van der Waals surface area contributed by atoms with Gasteiger partial charge < -0.3 is 5.73 Å². The smallest absolute Gasteiger partial charge is 0.147 e. The molecule has 2 N–H and O–H groups in total. The van der Waals surface area contributed by atoms with Crippen molar-refractivity contribution in [3.63, 3.8) is 0 Å². The highest BCUT2D eigenvalue weighted by Gasteiger charge is 2.22. The van der Waals surface area contributed by atoms with E-state index in [1.807, 2.05) is 0 Å². The summed E-state index contributed by atoms with van der Waals surface area (Å²) in [4.78, 5) is 0.564. The van der Waals surface area contributed by atoms with Crippen LogP contribution >= 0.6 is 0 Å². The molecule has 1 fully saturated rings. The lowest BCUT2D eigenvalue weighted by atomic mass is 10.3. The number of rotatable bonds is 2. The Morgan fingerprint density at radius 3 is 2.60 bits per heavy atom. The van der Waals surface area contributed by atoms with E-state index in [1.165, 1.54) is 12.1 Å². The molecule has 0 aliphatic heterocycles. The predicted octanol–water partition coefficient (Wildman–Crippen LogP) is 2.46. The second-order valence-electron chi connectivity index (χ2n) is 3.89. The maximum atomic E-state index is 13.2. The van der Waals surface area contributed by atoms with Crippen molar-refractivity contribution in [2.75, 3.05) is 5.73 Å². The van der Waals surface area contributed by atoms with Crippen LogP contribution in [0.5, 0.6) is 0 Å². The quantitative estimate of drug-likeness (QED) is 0.789. The van der Waals surface area contributed by atoms with E-state index in [0.29, 0.717) is 4.90 Å². The van der Waals surface area contributed by atoms with Gasteiger partial charge in [0.2, 0.25) is 0 Å². The summed E-state index contributed by atoms with van der Waals surface area (Å²) >= 11 is 0. The molecule has 1 aromatic rings. The number of hydrogen-bond donors (Lipinski definition) is 1. The van der Waals surface area contributed by atoms with Gasteiger partial charge in [-0.25, -0.2) is 4.39 Å². The van der Waals surface area contributed by atoms with Crippen LogP contribution in [0.15, 0.2) is 23.1 Å². The summed E-state index contributed by atoms with van der Waals surface area (Å²) in [6, 6.07) is 4.44. The van der Waals surface area contributed by atoms with Gasteiger partial charge in [0.25, 0.3) is 0 Å². The molecule has 0 spiro atoms. The van der Waals surface area contributed by atoms with Crippen molar-refractivity contribution in [2.24, 2.45) is 0 Å². The molecule has 1 unspecified atom stereocenters. The highest BCUT2D eigenvalue weighted by atomic mass is 32.2. The van der Waals surface area contributed by atoms with Gasteiger partial charge in [-0.3, -0.25) is 4.21 Å². The van der Waals surface area contributed by atoms with Gasteiger partial charge in [-0.2, -0.15) is 0 Å². The second kappa shape index (κ2) is 4.31. The van der Waals surface area contributed by atoms with Crippen LogP contribution in [0.25, 0.3) is 0 Å². The van der Waals surface area contributed by atoms with Gasteiger partial charge in [0.1, 0.15) is 5.82 Å². The van der Waals surface area contributed by atoms with E-state index in [4.69, 9.17) is 5.73 Å². The van der Waals surface area contributed by atoms with Crippen molar-refractivity contribution < 1.29 is 8.60 Å². The van der Waals surface area contributed by atoms with Crippen LogP contribution in [-0.2, 0) is 10.8 Å². The Morgan fingerprint density at radius 1 is 1.33 bits per heavy atom. The lowest BCUT2D eigenvalue weighted by Crippen LogP contribution is -2.10. The van der Waals surface area contributed by atoms with Gasteiger partial charge in [0, 0.05) is 10.1 Å². The number of benzene rings is 1. The summed E-state index contributed by atoms with van der Waals surface area (Å²) in [5.74, 6) is -0.473. The zero-order chi connectivity index (χ0) is 10.8. The Labute approximate surface area is 91.1 Å². The SMILES string of the molecule is Nc1ccc(S(=O)C2CCCC2)cc1F. The van der Waals surface area contributed by atoms with E-state index < -0.39 is 16.6 Å². The Morgan fingerprint density at radius 2 is 2.00 bits per heavy atom. The minimum absolute atomic E-state index is 0.113. The number of halogens is 1. The number of nitrogens with two attached hydrogens (primary N) is 1. The molecule has 0 bridgehead atoms. The van der Waals surface area contributed by atoms with Crippen molar-refractivity contribution in [1.82, 2.24) is 0 Å². The highest BCUT2D eigenvalue weighted by Crippen LogP contribution is 2.27. The molecule has 4 heteroatoms. The molecular weight excluding hydrogens is 213 g/mol. The molecule has 1 aromatic carbocycles. The van der Waals surface area contributed by atoms with E-state index in [9.17, 15) is 8.60 Å². The predicted molar refractivity (Wildman–Crippen MR) is 59.5 cm³/mol. The first-order valence-corrected chi connectivity index (χ1v) is 6.35. The van der Waals surface area contributed by atoms with Gasteiger partial charge in [0.05, 0.1) is 16.5 Å². The van der Waals surface area contributed by atoms with Crippen LogP contribution < -0.4 is 5.73 Å². The number of nitrogen functional groups attached to an aromatic ring is 1. The van der Waals surface area contributed by atoms with Crippen LogP contribution in [0, 0.1) is 5.82 Å². The molecule has 2 nitrogen and oxygen atoms in total. The van der Waals surface area contributed by atoms with E-state index in [0.717, 1.165) is 25.7 Å². The minimum Gasteiger partial charge on any atom is -0.396 e. The molecule has 0 aromatic heterocycles. The maximum Gasteiger partial charge on any atom is 0.147 e. The molecule has 0 amide bonds. The molecule has 0 radical (unpaired) electrons. The average molecular weight is 227 g/mol. The summed E-state index contributed by atoms with van der Waals surface area (Å²) in [5.41, 5.74) is 5.48. The second-order valence-corrected chi connectivity index (χ2v) is 5.62. The summed E-state index contributed by atoms with van der Waals surface area (Å²) in [6.07, 6.45) is 4.24. The monoisotopic (exact) mass is 227 g/mol. The van der Waals surface area contributed by atoms with E-state index >= 15 is 0 Å². The molecule has 1 atom stereocenters. The van der Waals surface area contributed by atoms with E-state index in [2.05, 4.69) is 0 Å².